The van der Waals surface area contributed by atoms with Crippen LogP contribution in [-0.2, 0) is 11.3 Å². The molecule has 5 nitrogen and oxygen atoms in total. The molecule has 114 valence electrons. The smallest absolute Gasteiger partial charge is 0.407 e. The Morgan fingerprint density at radius 2 is 2.05 bits per heavy atom. The van der Waals surface area contributed by atoms with Gasteiger partial charge in [0.05, 0.1) is 0 Å². The minimum Gasteiger partial charge on any atom is -0.445 e. The summed E-state index contributed by atoms with van der Waals surface area (Å²) in [6, 6.07) is 13.2. The molecule has 0 unspecified atom stereocenters. The normalized spacial score (nSPS) is 10.5. The summed E-state index contributed by atoms with van der Waals surface area (Å²) in [7, 11) is 0. The fraction of sp³-hybridized carbons (Fsp3) is 0.176. The number of ether oxygens (including phenoxy) is 1. The number of pyridine rings is 1. The van der Waals surface area contributed by atoms with Crippen LogP contribution in [0.5, 0.6) is 0 Å². The summed E-state index contributed by atoms with van der Waals surface area (Å²) in [4.78, 5) is 15.5. The molecule has 0 aliphatic heterocycles. The van der Waals surface area contributed by atoms with Crippen molar-refractivity contribution in [1.82, 2.24) is 10.3 Å². The third kappa shape index (κ3) is 5.66. The number of alkyl carbamates (subject to hydrolysis) is 1. The number of carbonyl (C=O) groups excluding carboxylic acids is 1. The van der Waals surface area contributed by atoms with Gasteiger partial charge in [0, 0.05) is 12.7 Å². The molecule has 0 saturated carbocycles. The van der Waals surface area contributed by atoms with Gasteiger partial charge in [-0.1, -0.05) is 42.5 Å². The van der Waals surface area contributed by atoms with Crippen LogP contribution >= 0.6 is 0 Å². The Hall–Kier alpha value is -2.82. The van der Waals surface area contributed by atoms with Gasteiger partial charge in [0.2, 0.25) is 0 Å². The molecule has 0 bridgehead atoms. The van der Waals surface area contributed by atoms with Crippen molar-refractivity contribution < 1.29 is 9.53 Å². The van der Waals surface area contributed by atoms with Crippen LogP contribution in [0, 0.1) is 0 Å². The van der Waals surface area contributed by atoms with E-state index in [4.69, 9.17) is 10.5 Å². The highest BCUT2D eigenvalue weighted by molar-refractivity contribution is 5.67. The van der Waals surface area contributed by atoms with Gasteiger partial charge in [-0.2, -0.15) is 0 Å². The largest absolute Gasteiger partial charge is 0.445 e. The molecule has 1 aromatic carbocycles. The number of carbonyl (C=O) groups is 1. The van der Waals surface area contributed by atoms with E-state index in [1.807, 2.05) is 48.6 Å². The molecule has 1 heterocycles. The topological polar surface area (TPSA) is 77.2 Å². The molecule has 0 fully saturated rings. The van der Waals surface area contributed by atoms with Gasteiger partial charge >= 0.3 is 6.09 Å². The highest BCUT2D eigenvalue weighted by Crippen LogP contribution is 2.04. The summed E-state index contributed by atoms with van der Waals surface area (Å²) in [5.41, 5.74) is 7.45. The second-order valence-electron chi connectivity index (χ2n) is 4.70. The Bertz CT molecular complexity index is 610. The van der Waals surface area contributed by atoms with Crippen LogP contribution in [0.25, 0.3) is 6.08 Å². The number of nitrogens with zero attached hydrogens (tertiary/aromatic N) is 1. The lowest BCUT2D eigenvalue weighted by Gasteiger charge is -2.05. The van der Waals surface area contributed by atoms with E-state index in [1.54, 1.807) is 12.3 Å². The summed E-state index contributed by atoms with van der Waals surface area (Å²) >= 11 is 0. The van der Waals surface area contributed by atoms with Gasteiger partial charge < -0.3 is 15.8 Å². The summed E-state index contributed by atoms with van der Waals surface area (Å²) in [6.07, 6.45) is 5.90. The van der Waals surface area contributed by atoms with Gasteiger partial charge in [0.15, 0.2) is 0 Å². The zero-order valence-corrected chi connectivity index (χ0v) is 12.2. The van der Waals surface area contributed by atoms with Crippen LogP contribution in [-0.4, -0.2) is 17.6 Å². The van der Waals surface area contributed by atoms with Gasteiger partial charge in [-0.15, -0.1) is 0 Å². The molecule has 22 heavy (non-hydrogen) atoms. The van der Waals surface area contributed by atoms with E-state index in [2.05, 4.69) is 10.3 Å². The van der Waals surface area contributed by atoms with Gasteiger partial charge in [-0.05, 0) is 29.7 Å². The molecule has 0 saturated heterocycles. The lowest BCUT2D eigenvalue weighted by molar-refractivity contribution is 0.140. The first-order valence-electron chi connectivity index (χ1n) is 7.06. The van der Waals surface area contributed by atoms with E-state index < -0.39 is 6.09 Å². The molecule has 0 aliphatic rings. The number of nitrogen functional groups attached to an aromatic ring is 1. The molecule has 1 amide bonds. The summed E-state index contributed by atoms with van der Waals surface area (Å²) in [5.74, 6) is 0.500. The Kier molecular flexibility index (Phi) is 5.99. The number of amides is 1. The molecule has 0 atom stereocenters. The number of benzene rings is 1. The molecular weight excluding hydrogens is 278 g/mol. The Labute approximate surface area is 129 Å². The number of hydrogen-bond acceptors (Lipinski definition) is 4. The van der Waals surface area contributed by atoms with Crippen molar-refractivity contribution >= 4 is 18.0 Å². The number of hydrogen-bond donors (Lipinski definition) is 2. The molecule has 0 spiro atoms. The summed E-state index contributed by atoms with van der Waals surface area (Å²) in [5, 5.41) is 2.70. The Balaban J connectivity index is 1.61. The summed E-state index contributed by atoms with van der Waals surface area (Å²) in [6.45, 7) is 0.798. The predicted octanol–water partition coefficient (Wildman–Crippen LogP) is 2.99. The highest BCUT2D eigenvalue weighted by Gasteiger charge is 2.00. The monoisotopic (exact) mass is 297 g/mol. The zero-order chi connectivity index (χ0) is 15.6. The lowest BCUT2D eigenvalue weighted by Crippen LogP contribution is -2.24. The van der Waals surface area contributed by atoms with Crippen LogP contribution in [0.3, 0.4) is 0 Å². The fourth-order valence-electron chi connectivity index (χ4n) is 1.77. The van der Waals surface area contributed by atoms with Crippen molar-refractivity contribution in [1.29, 1.82) is 0 Å². The lowest BCUT2D eigenvalue weighted by atomic mass is 10.2. The molecule has 3 N–H and O–H groups in total. The fourth-order valence-corrected chi connectivity index (χ4v) is 1.77. The highest BCUT2D eigenvalue weighted by atomic mass is 16.5. The van der Waals surface area contributed by atoms with Crippen molar-refractivity contribution in [3.8, 4) is 0 Å². The van der Waals surface area contributed by atoms with E-state index in [9.17, 15) is 4.79 Å². The minimum atomic E-state index is -0.411. The molecular formula is C17H19N3O2. The molecule has 0 aliphatic carbocycles. The predicted molar refractivity (Wildman–Crippen MR) is 86.9 cm³/mol. The average molecular weight is 297 g/mol. The first kappa shape index (κ1) is 15.6. The molecule has 2 aromatic rings. The van der Waals surface area contributed by atoms with Gasteiger partial charge in [-0.25, -0.2) is 9.78 Å². The van der Waals surface area contributed by atoms with Gasteiger partial charge in [-0.3, -0.25) is 0 Å². The quantitative estimate of drug-likeness (QED) is 0.804. The SMILES string of the molecule is Nc1ccc(C=CCCNC(=O)OCc2ccccc2)cn1. The third-order valence-electron chi connectivity index (χ3n) is 2.91. The maximum Gasteiger partial charge on any atom is 0.407 e. The zero-order valence-electron chi connectivity index (χ0n) is 12.2. The van der Waals surface area contributed by atoms with Crippen LogP contribution < -0.4 is 11.1 Å². The van der Waals surface area contributed by atoms with Crippen molar-refractivity contribution in [2.24, 2.45) is 0 Å². The number of nitrogens with one attached hydrogen (secondary N) is 1. The maximum atomic E-state index is 11.5. The first-order chi connectivity index (χ1) is 10.7. The standard InChI is InChI=1S/C17H19N3O2/c18-16-10-9-14(12-20-16)6-4-5-11-19-17(21)22-13-15-7-2-1-3-8-15/h1-4,6-10,12H,5,11,13H2,(H2,18,20)(H,19,21). The first-order valence-corrected chi connectivity index (χ1v) is 7.06. The Morgan fingerprint density at radius 3 is 2.77 bits per heavy atom. The number of rotatable bonds is 6. The van der Waals surface area contributed by atoms with Gasteiger partial charge in [0.25, 0.3) is 0 Å². The van der Waals surface area contributed by atoms with Crippen molar-refractivity contribution in [3.05, 3.63) is 65.9 Å². The van der Waals surface area contributed by atoms with E-state index in [0.717, 1.165) is 11.1 Å². The van der Waals surface area contributed by atoms with Gasteiger partial charge in [0.1, 0.15) is 12.4 Å². The van der Waals surface area contributed by atoms with Crippen molar-refractivity contribution in [2.45, 2.75) is 13.0 Å². The van der Waals surface area contributed by atoms with Crippen LogP contribution in [0.1, 0.15) is 17.5 Å². The minimum absolute atomic E-state index is 0.277. The van der Waals surface area contributed by atoms with Crippen molar-refractivity contribution in [2.75, 3.05) is 12.3 Å². The van der Waals surface area contributed by atoms with Crippen LogP contribution in [0.15, 0.2) is 54.7 Å². The van der Waals surface area contributed by atoms with E-state index in [1.165, 1.54) is 0 Å². The van der Waals surface area contributed by atoms with Crippen LogP contribution in [0.4, 0.5) is 10.6 Å². The number of anilines is 1. The third-order valence-corrected chi connectivity index (χ3v) is 2.91. The van der Waals surface area contributed by atoms with E-state index in [-0.39, 0.29) is 6.61 Å². The van der Waals surface area contributed by atoms with Crippen LogP contribution in [0.2, 0.25) is 0 Å². The van der Waals surface area contributed by atoms with Crippen molar-refractivity contribution in [3.63, 3.8) is 0 Å². The van der Waals surface area contributed by atoms with E-state index >= 15 is 0 Å². The molecule has 0 radical (unpaired) electrons. The Morgan fingerprint density at radius 1 is 1.23 bits per heavy atom. The second-order valence-corrected chi connectivity index (χ2v) is 4.70. The summed E-state index contributed by atoms with van der Waals surface area (Å²) < 4.78 is 5.11. The number of nitrogens with two attached hydrogens (primary N) is 1. The average Bonchev–Trinajstić information content (AvgIpc) is 2.55. The van der Waals surface area contributed by atoms with E-state index in [0.29, 0.717) is 18.8 Å². The molecule has 1 aromatic heterocycles. The maximum absolute atomic E-state index is 11.5. The molecule has 2 rings (SSSR count). The second kappa shape index (κ2) is 8.46. The molecule has 5 heteroatoms. The number of aromatic nitrogens is 1.